The van der Waals surface area contributed by atoms with Crippen molar-refractivity contribution in [3.8, 4) is 5.75 Å². The zero-order valence-electron chi connectivity index (χ0n) is 15.0. The molecule has 0 aliphatic carbocycles. The SMILES string of the molecule is CN=C(NCc1ccc(OC)c(NC(C)=O)c1)NCc1ccnn1C. The third-order valence-electron chi connectivity index (χ3n) is 3.62. The van der Waals surface area contributed by atoms with Gasteiger partial charge in [-0.15, -0.1) is 0 Å². The summed E-state index contributed by atoms with van der Waals surface area (Å²) in [7, 11) is 5.19. The number of anilines is 1. The van der Waals surface area contributed by atoms with E-state index in [-0.39, 0.29) is 5.91 Å². The number of amides is 1. The Labute approximate surface area is 147 Å². The largest absolute Gasteiger partial charge is 0.495 e. The summed E-state index contributed by atoms with van der Waals surface area (Å²) >= 11 is 0. The van der Waals surface area contributed by atoms with Crippen molar-refractivity contribution in [1.29, 1.82) is 0 Å². The summed E-state index contributed by atoms with van der Waals surface area (Å²) in [5, 5.41) is 13.4. The lowest BCUT2D eigenvalue weighted by molar-refractivity contribution is -0.114. The van der Waals surface area contributed by atoms with Gasteiger partial charge in [0.05, 0.1) is 25.0 Å². The number of carbonyl (C=O) groups excluding carboxylic acids is 1. The van der Waals surface area contributed by atoms with Crippen molar-refractivity contribution in [2.45, 2.75) is 20.0 Å². The number of methoxy groups -OCH3 is 1. The second-order valence-corrected chi connectivity index (χ2v) is 5.44. The van der Waals surface area contributed by atoms with Gasteiger partial charge in [0, 0.05) is 33.8 Å². The number of carbonyl (C=O) groups is 1. The topological polar surface area (TPSA) is 92.6 Å². The summed E-state index contributed by atoms with van der Waals surface area (Å²) in [6.07, 6.45) is 1.76. The fourth-order valence-corrected chi connectivity index (χ4v) is 2.31. The second kappa shape index (κ2) is 8.72. The van der Waals surface area contributed by atoms with Crippen molar-refractivity contribution in [2.75, 3.05) is 19.5 Å². The fourth-order valence-electron chi connectivity index (χ4n) is 2.31. The highest BCUT2D eigenvalue weighted by Gasteiger charge is 2.07. The molecule has 0 spiro atoms. The maximum atomic E-state index is 11.3. The van der Waals surface area contributed by atoms with Gasteiger partial charge in [-0.3, -0.25) is 14.5 Å². The van der Waals surface area contributed by atoms with Gasteiger partial charge >= 0.3 is 0 Å². The molecular formula is C17H24N6O2. The Morgan fingerprint density at radius 1 is 1.28 bits per heavy atom. The summed E-state index contributed by atoms with van der Waals surface area (Å²) in [5.74, 6) is 1.16. The van der Waals surface area contributed by atoms with Gasteiger partial charge in [-0.2, -0.15) is 5.10 Å². The number of aryl methyl sites for hydroxylation is 1. The number of benzene rings is 1. The van der Waals surface area contributed by atoms with Crippen LogP contribution in [0.2, 0.25) is 0 Å². The van der Waals surface area contributed by atoms with Gasteiger partial charge in [0.1, 0.15) is 5.75 Å². The number of nitrogens with one attached hydrogen (secondary N) is 3. The Morgan fingerprint density at radius 2 is 2.04 bits per heavy atom. The molecule has 2 aromatic rings. The van der Waals surface area contributed by atoms with Crippen LogP contribution in [-0.4, -0.2) is 35.8 Å². The summed E-state index contributed by atoms with van der Waals surface area (Å²) in [6.45, 7) is 2.64. The van der Waals surface area contributed by atoms with Gasteiger partial charge in [0.15, 0.2) is 5.96 Å². The molecule has 0 unspecified atom stereocenters. The molecule has 8 nitrogen and oxygen atoms in total. The smallest absolute Gasteiger partial charge is 0.221 e. The number of aromatic nitrogens is 2. The van der Waals surface area contributed by atoms with Gasteiger partial charge in [0.25, 0.3) is 0 Å². The Morgan fingerprint density at radius 3 is 2.64 bits per heavy atom. The Kier molecular flexibility index (Phi) is 6.39. The van der Waals surface area contributed by atoms with Gasteiger partial charge < -0.3 is 20.7 Å². The monoisotopic (exact) mass is 344 g/mol. The first-order chi connectivity index (χ1) is 12.0. The third-order valence-corrected chi connectivity index (χ3v) is 3.62. The van der Waals surface area contributed by atoms with Gasteiger partial charge in [-0.05, 0) is 23.8 Å². The lowest BCUT2D eigenvalue weighted by Gasteiger charge is -2.14. The average molecular weight is 344 g/mol. The molecule has 1 amide bonds. The highest BCUT2D eigenvalue weighted by atomic mass is 16.5. The first-order valence-electron chi connectivity index (χ1n) is 7.89. The van der Waals surface area contributed by atoms with Gasteiger partial charge in [-0.1, -0.05) is 6.07 Å². The van der Waals surface area contributed by atoms with Crippen LogP contribution in [0, 0.1) is 0 Å². The average Bonchev–Trinajstić information content (AvgIpc) is 3.00. The van der Waals surface area contributed by atoms with E-state index in [0.29, 0.717) is 30.5 Å². The first kappa shape index (κ1) is 18.3. The normalized spacial score (nSPS) is 11.1. The van der Waals surface area contributed by atoms with E-state index in [1.54, 1.807) is 20.4 Å². The molecule has 0 saturated carbocycles. The van der Waals surface area contributed by atoms with Crippen LogP contribution >= 0.6 is 0 Å². The lowest BCUT2D eigenvalue weighted by Crippen LogP contribution is -2.36. The molecule has 0 bridgehead atoms. The standard InChI is InChI=1S/C17H24N6O2/c1-12(24)22-15-9-13(5-6-16(15)25-4)10-19-17(18-2)20-11-14-7-8-21-23(14)3/h5-9H,10-11H2,1-4H3,(H,22,24)(H2,18,19,20). The Balaban J connectivity index is 1.96. The third kappa shape index (κ3) is 5.23. The van der Waals surface area contributed by atoms with Crippen LogP contribution in [0.4, 0.5) is 5.69 Å². The molecule has 1 aromatic carbocycles. The molecule has 134 valence electrons. The van der Waals surface area contributed by atoms with E-state index in [1.165, 1.54) is 6.92 Å². The maximum Gasteiger partial charge on any atom is 0.221 e. The van der Waals surface area contributed by atoms with Gasteiger partial charge in [-0.25, -0.2) is 0 Å². The van der Waals surface area contributed by atoms with Crippen LogP contribution in [-0.2, 0) is 24.9 Å². The van der Waals surface area contributed by atoms with E-state index >= 15 is 0 Å². The van der Waals surface area contributed by atoms with E-state index in [0.717, 1.165) is 11.3 Å². The van der Waals surface area contributed by atoms with Crippen LogP contribution in [0.15, 0.2) is 35.5 Å². The first-order valence-corrected chi connectivity index (χ1v) is 7.89. The van der Waals surface area contributed by atoms with Crippen LogP contribution in [0.3, 0.4) is 0 Å². The zero-order chi connectivity index (χ0) is 18.2. The molecule has 1 aromatic heterocycles. The fraction of sp³-hybridized carbons (Fsp3) is 0.353. The quantitative estimate of drug-likeness (QED) is 0.542. The molecular weight excluding hydrogens is 320 g/mol. The molecule has 3 N–H and O–H groups in total. The minimum atomic E-state index is -0.142. The number of rotatable bonds is 6. The number of nitrogens with zero attached hydrogens (tertiary/aromatic N) is 3. The highest BCUT2D eigenvalue weighted by molar-refractivity contribution is 5.90. The van der Waals surface area contributed by atoms with Crippen LogP contribution in [0.5, 0.6) is 5.75 Å². The highest BCUT2D eigenvalue weighted by Crippen LogP contribution is 2.25. The molecule has 0 fully saturated rings. The molecule has 0 aliphatic heterocycles. The number of ether oxygens (including phenoxy) is 1. The van der Waals surface area contributed by atoms with Crippen molar-refractivity contribution in [1.82, 2.24) is 20.4 Å². The van der Waals surface area contributed by atoms with Crippen molar-refractivity contribution in [2.24, 2.45) is 12.0 Å². The van der Waals surface area contributed by atoms with Crippen LogP contribution in [0.25, 0.3) is 0 Å². The van der Waals surface area contributed by atoms with E-state index < -0.39 is 0 Å². The second-order valence-electron chi connectivity index (χ2n) is 5.44. The predicted octanol–water partition coefficient (Wildman–Crippen LogP) is 1.25. The van der Waals surface area contributed by atoms with Gasteiger partial charge in [0.2, 0.25) is 5.91 Å². The maximum absolute atomic E-state index is 11.3. The number of hydrogen-bond donors (Lipinski definition) is 3. The van der Waals surface area contributed by atoms with E-state index in [1.807, 2.05) is 36.0 Å². The lowest BCUT2D eigenvalue weighted by atomic mass is 10.2. The van der Waals surface area contributed by atoms with E-state index in [4.69, 9.17) is 4.74 Å². The van der Waals surface area contributed by atoms with Crippen LogP contribution < -0.4 is 20.7 Å². The van der Waals surface area contributed by atoms with Crippen molar-refractivity contribution in [3.63, 3.8) is 0 Å². The number of hydrogen-bond acceptors (Lipinski definition) is 4. The minimum Gasteiger partial charge on any atom is -0.495 e. The molecule has 0 saturated heterocycles. The summed E-state index contributed by atoms with van der Waals surface area (Å²) in [5.41, 5.74) is 2.69. The number of aliphatic imine (C=N–C) groups is 1. The molecule has 8 heteroatoms. The number of guanidine groups is 1. The minimum absolute atomic E-state index is 0.142. The van der Waals surface area contributed by atoms with E-state index in [2.05, 4.69) is 26.0 Å². The van der Waals surface area contributed by atoms with Crippen molar-refractivity contribution >= 4 is 17.6 Å². The Bertz CT molecular complexity index is 753. The van der Waals surface area contributed by atoms with Crippen molar-refractivity contribution < 1.29 is 9.53 Å². The summed E-state index contributed by atoms with van der Waals surface area (Å²) in [4.78, 5) is 15.5. The molecule has 25 heavy (non-hydrogen) atoms. The van der Waals surface area contributed by atoms with Crippen LogP contribution in [0.1, 0.15) is 18.2 Å². The molecule has 2 rings (SSSR count). The Hall–Kier alpha value is -3.03. The van der Waals surface area contributed by atoms with E-state index in [9.17, 15) is 4.79 Å². The molecule has 1 heterocycles. The van der Waals surface area contributed by atoms with Crippen molar-refractivity contribution in [3.05, 3.63) is 41.7 Å². The zero-order valence-corrected chi connectivity index (χ0v) is 15.0. The molecule has 0 aliphatic rings. The summed E-state index contributed by atoms with van der Waals surface area (Å²) in [6, 6.07) is 7.59. The summed E-state index contributed by atoms with van der Waals surface area (Å²) < 4.78 is 7.07. The molecule has 0 atom stereocenters. The molecule has 0 radical (unpaired) electrons. The predicted molar refractivity (Wildman–Crippen MR) is 97.5 cm³/mol.